The first-order chi connectivity index (χ1) is 17.4. The van der Waals surface area contributed by atoms with Crippen molar-refractivity contribution in [2.45, 2.75) is 31.7 Å². The van der Waals surface area contributed by atoms with Gasteiger partial charge in [0.05, 0.1) is 28.4 Å². The number of allylic oxidation sites excluding steroid dienone is 1. The second kappa shape index (κ2) is 7.37. The number of phenolic OH excluding ortho intramolecular Hbond substituents is 1. The van der Waals surface area contributed by atoms with E-state index in [1.807, 2.05) is 11.6 Å². The molecule has 1 saturated heterocycles. The maximum absolute atomic E-state index is 16.6. The third kappa shape index (κ3) is 2.91. The molecular formula is C29H24F2N4O. The number of halogens is 2. The molecule has 2 saturated carbocycles. The number of rotatable bonds is 4. The second-order valence-electron chi connectivity index (χ2n) is 10.4. The van der Waals surface area contributed by atoms with Gasteiger partial charge in [-0.05, 0) is 73.8 Å². The molecule has 7 heteroatoms. The van der Waals surface area contributed by atoms with Crippen molar-refractivity contribution in [3.05, 3.63) is 59.4 Å². The summed E-state index contributed by atoms with van der Waals surface area (Å²) in [5.41, 5.74) is 2.84. The Bertz CT molecular complexity index is 1670. The summed E-state index contributed by atoms with van der Waals surface area (Å²) in [5.74, 6) is 2.49. The highest BCUT2D eigenvalue weighted by molar-refractivity contribution is 6.03. The molecule has 0 spiro atoms. The number of hydrogen-bond acceptors (Lipinski definition) is 4. The number of hydrogen-bond donors (Lipinski definition) is 2. The number of benzene rings is 2. The van der Waals surface area contributed by atoms with Gasteiger partial charge in [-0.1, -0.05) is 18.6 Å². The van der Waals surface area contributed by atoms with Gasteiger partial charge in [-0.25, -0.2) is 13.8 Å². The number of pyridine rings is 1. The van der Waals surface area contributed by atoms with Gasteiger partial charge in [0, 0.05) is 16.9 Å². The molecule has 2 N–H and O–H groups in total. The summed E-state index contributed by atoms with van der Waals surface area (Å²) in [7, 11) is 0. The average molecular weight is 483 g/mol. The SMILES string of the molecule is C#Cc1c(F)ccc2cc(O)cc(-c3nc(C(=C)C)c4c(C5[C@H]6CNC[C@@H]56)nn(C5CC5)c4c3F)c12. The van der Waals surface area contributed by atoms with Gasteiger partial charge >= 0.3 is 0 Å². The van der Waals surface area contributed by atoms with Crippen molar-refractivity contribution in [1.29, 1.82) is 0 Å². The summed E-state index contributed by atoms with van der Waals surface area (Å²) in [6.45, 7) is 7.89. The van der Waals surface area contributed by atoms with Gasteiger partial charge in [0.1, 0.15) is 22.8 Å². The zero-order valence-electron chi connectivity index (χ0n) is 19.8. The molecule has 3 fully saturated rings. The molecule has 1 unspecified atom stereocenters. The Morgan fingerprint density at radius 1 is 1.19 bits per heavy atom. The van der Waals surface area contributed by atoms with Gasteiger partial charge in [0.15, 0.2) is 5.82 Å². The molecule has 7 rings (SSSR count). The number of phenols is 1. The Morgan fingerprint density at radius 3 is 2.61 bits per heavy atom. The van der Waals surface area contributed by atoms with Gasteiger partial charge in [-0.2, -0.15) is 5.10 Å². The number of piperidine rings is 1. The van der Waals surface area contributed by atoms with Crippen molar-refractivity contribution in [2.24, 2.45) is 11.8 Å². The van der Waals surface area contributed by atoms with Gasteiger partial charge in [-0.15, -0.1) is 6.42 Å². The molecule has 1 aliphatic heterocycles. The van der Waals surface area contributed by atoms with Crippen LogP contribution in [0.1, 0.15) is 48.7 Å². The number of terminal acetylenes is 1. The number of aromatic hydroxyl groups is 1. The van der Waals surface area contributed by atoms with Crippen molar-refractivity contribution in [1.82, 2.24) is 20.1 Å². The van der Waals surface area contributed by atoms with Crippen molar-refractivity contribution >= 4 is 27.2 Å². The number of nitrogens with zero attached hydrogens (tertiary/aromatic N) is 3. The van der Waals surface area contributed by atoms with Crippen molar-refractivity contribution in [2.75, 3.05) is 13.1 Å². The first-order valence-electron chi connectivity index (χ1n) is 12.3. The van der Waals surface area contributed by atoms with E-state index < -0.39 is 11.6 Å². The minimum atomic E-state index is -0.585. The molecule has 3 heterocycles. The molecule has 0 bridgehead atoms. The zero-order chi connectivity index (χ0) is 24.9. The van der Waals surface area contributed by atoms with E-state index in [0.29, 0.717) is 39.4 Å². The van der Waals surface area contributed by atoms with E-state index >= 15 is 4.39 Å². The summed E-state index contributed by atoms with van der Waals surface area (Å²) in [6.07, 6.45) is 7.55. The highest BCUT2D eigenvalue weighted by atomic mass is 19.1. The van der Waals surface area contributed by atoms with E-state index in [1.165, 1.54) is 24.3 Å². The fraction of sp³-hybridized carbons (Fsp3) is 0.310. The largest absolute Gasteiger partial charge is 0.508 e. The summed E-state index contributed by atoms with van der Waals surface area (Å²) < 4.78 is 33.2. The minimum Gasteiger partial charge on any atom is -0.508 e. The first-order valence-corrected chi connectivity index (χ1v) is 12.3. The van der Waals surface area contributed by atoms with Crippen LogP contribution in [0.15, 0.2) is 30.8 Å². The van der Waals surface area contributed by atoms with Crippen LogP contribution < -0.4 is 5.32 Å². The zero-order valence-corrected chi connectivity index (χ0v) is 19.8. The summed E-state index contributed by atoms with van der Waals surface area (Å²) in [4.78, 5) is 4.78. The molecule has 0 radical (unpaired) electrons. The Balaban J connectivity index is 1.58. The van der Waals surface area contributed by atoms with E-state index in [4.69, 9.17) is 16.5 Å². The van der Waals surface area contributed by atoms with E-state index in [0.717, 1.165) is 37.0 Å². The van der Waals surface area contributed by atoms with Crippen LogP contribution in [0.25, 0.3) is 38.5 Å². The fourth-order valence-electron chi connectivity index (χ4n) is 6.11. The first kappa shape index (κ1) is 21.5. The molecule has 2 aromatic heterocycles. The van der Waals surface area contributed by atoms with Crippen LogP contribution in [0.4, 0.5) is 8.78 Å². The third-order valence-corrected chi connectivity index (χ3v) is 7.97. The van der Waals surface area contributed by atoms with Gasteiger partial charge < -0.3 is 10.4 Å². The number of fused-ring (bicyclic) bond motifs is 3. The van der Waals surface area contributed by atoms with Crippen LogP contribution in [0, 0.1) is 35.8 Å². The van der Waals surface area contributed by atoms with E-state index in [2.05, 4.69) is 17.8 Å². The molecule has 4 aromatic rings. The lowest BCUT2D eigenvalue weighted by Gasteiger charge is -2.15. The van der Waals surface area contributed by atoms with E-state index in [-0.39, 0.29) is 34.5 Å². The quantitative estimate of drug-likeness (QED) is 0.376. The van der Waals surface area contributed by atoms with Gasteiger partial charge in [-0.3, -0.25) is 4.68 Å². The van der Waals surface area contributed by atoms with E-state index in [9.17, 15) is 9.50 Å². The second-order valence-corrected chi connectivity index (χ2v) is 10.4. The monoisotopic (exact) mass is 482 g/mol. The molecule has 180 valence electrons. The van der Waals surface area contributed by atoms with Crippen molar-refractivity contribution in [3.63, 3.8) is 0 Å². The number of aromatic nitrogens is 3. The lowest BCUT2D eigenvalue weighted by Crippen LogP contribution is -2.14. The average Bonchev–Trinajstić information content (AvgIpc) is 3.73. The number of nitrogens with one attached hydrogen (secondary N) is 1. The van der Waals surface area contributed by atoms with Crippen LogP contribution in [0.2, 0.25) is 0 Å². The normalized spacial score (nSPS) is 22.7. The fourth-order valence-corrected chi connectivity index (χ4v) is 6.11. The topological polar surface area (TPSA) is 63.0 Å². The van der Waals surface area contributed by atoms with Crippen LogP contribution in [-0.4, -0.2) is 33.0 Å². The maximum Gasteiger partial charge on any atom is 0.175 e. The molecule has 0 amide bonds. The molecule has 3 aliphatic rings. The molecule has 2 aromatic carbocycles. The summed E-state index contributed by atoms with van der Waals surface area (Å²) >= 11 is 0. The summed E-state index contributed by atoms with van der Waals surface area (Å²) in [6, 6.07) is 5.81. The van der Waals surface area contributed by atoms with Crippen molar-refractivity contribution < 1.29 is 13.9 Å². The Labute approximate surface area is 206 Å². The lowest BCUT2D eigenvalue weighted by molar-refractivity contribution is 0.476. The highest BCUT2D eigenvalue weighted by Crippen LogP contribution is 2.58. The Morgan fingerprint density at radius 2 is 1.94 bits per heavy atom. The third-order valence-electron chi connectivity index (χ3n) is 7.97. The summed E-state index contributed by atoms with van der Waals surface area (Å²) in [5, 5.41) is 20.5. The maximum atomic E-state index is 16.6. The van der Waals surface area contributed by atoms with Crippen molar-refractivity contribution in [3.8, 4) is 29.4 Å². The Hall–Kier alpha value is -3.76. The smallest absolute Gasteiger partial charge is 0.175 e. The van der Waals surface area contributed by atoms with Crippen LogP contribution in [0.3, 0.4) is 0 Å². The van der Waals surface area contributed by atoms with E-state index in [1.54, 1.807) is 0 Å². The van der Waals surface area contributed by atoms with Crippen LogP contribution in [0.5, 0.6) is 5.75 Å². The molecule has 36 heavy (non-hydrogen) atoms. The standard InChI is InChI=1S/C29H24F2N4O/c1-4-17-21(30)8-5-14-9-16(36)10-18(22(14)17)27-25(31)29-24(26(33-27)13(2)3)28(34-35(29)15-6-7-15)23-19-11-32-12-20(19)23/h1,5,8-10,15,19-20,23,32,36H,2,6-7,11-12H2,3H3/t19-,20+,23?. The molecule has 5 nitrogen and oxygen atoms in total. The lowest BCUT2D eigenvalue weighted by atomic mass is 9.94. The predicted molar refractivity (Wildman–Crippen MR) is 136 cm³/mol. The minimum absolute atomic E-state index is 0.00880. The van der Waals surface area contributed by atoms with Gasteiger partial charge in [0.2, 0.25) is 0 Å². The van der Waals surface area contributed by atoms with Crippen LogP contribution in [-0.2, 0) is 0 Å². The molecule has 3 atom stereocenters. The van der Waals surface area contributed by atoms with Gasteiger partial charge in [0.25, 0.3) is 0 Å². The predicted octanol–water partition coefficient (Wildman–Crippen LogP) is 5.52. The molecular weight excluding hydrogens is 458 g/mol. The highest BCUT2D eigenvalue weighted by Gasteiger charge is 2.56. The molecule has 2 aliphatic carbocycles. The Kier molecular flexibility index (Phi) is 4.41. The van der Waals surface area contributed by atoms with Crippen LogP contribution >= 0.6 is 0 Å².